The van der Waals surface area contributed by atoms with Crippen molar-refractivity contribution in [1.82, 2.24) is 14.7 Å². The number of carbonyl (C=O) groups is 1. The van der Waals surface area contributed by atoms with Crippen LogP contribution in [0.25, 0.3) is 0 Å². The molecule has 1 amide bonds. The van der Waals surface area contributed by atoms with E-state index in [0.29, 0.717) is 19.0 Å². The Morgan fingerprint density at radius 1 is 1.37 bits per heavy atom. The van der Waals surface area contributed by atoms with E-state index in [9.17, 15) is 4.79 Å². The van der Waals surface area contributed by atoms with Crippen molar-refractivity contribution in [2.45, 2.75) is 59.2 Å². The molecule has 19 heavy (non-hydrogen) atoms. The molecule has 1 aromatic rings. The number of hydrogen-bond acceptors (Lipinski definition) is 3. The molecule has 5 nitrogen and oxygen atoms in total. The minimum absolute atomic E-state index is 0.241. The van der Waals surface area contributed by atoms with Gasteiger partial charge < -0.3 is 9.64 Å². The van der Waals surface area contributed by atoms with Crippen molar-refractivity contribution in [3.8, 4) is 0 Å². The summed E-state index contributed by atoms with van der Waals surface area (Å²) in [5.74, 6) is 0.419. The molecule has 1 aliphatic heterocycles. The number of ether oxygens (including phenoxy) is 1. The first kappa shape index (κ1) is 13.9. The molecule has 2 heterocycles. The van der Waals surface area contributed by atoms with Gasteiger partial charge in [-0.1, -0.05) is 13.8 Å². The van der Waals surface area contributed by atoms with Gasteiger partial charge in [-0.25, -0.2) is 4.79 Å². The van der Waals surface area contributed by atoms with Gasteiger partial charge in [0, 0.05) is 6.54 Å². The van der Waals surface area contributed by atoms with Gasteiger partial charge in [-0.05, 0) is 32.3 Å². The molecular weight excluding hydrogens is 242 g/mol. The first-order chi connectivity index (χ1) is 8.78. The zero-order chi connectivity index (χ0) is 14.2. The predicted molar refractivity (Wildman–Crippen MR) is 73.0 cm³/mol. The van der Waals surface area contributed by atoms with Gasteiger partial charge in [-0.2, -0.15) is 5.10 Å². The van der Waals surface area contributed by atoms with Crippen LogP contribution in [0.1, 0.15) is 51.8 Å². The lowest BCUT2D eigenvalue weighted by Crippen LogP contribution is -2.41. The Bertz CT molecular complexity index is 472. The van der Waals surface area contributed by atoms with E-state index in [-0.39, 0.29) is 6.09 Å². The summed E-state index contributed by atoms with van der Waals surface area (Å²) in [7, 11) is 0. The van der Waals surface area contributed by atoms with Crippen molar-refractivity contribution in [1.29, 1.82) is 0 Å². The van der Waals surface area contributed by atoms with Crippen molar-refractivity contribution in [3.63, 3.8) is 0 Å². The molecule has 1 aliphatic rings. The van der Waals surface area contributed by atoms with Crippen LogP contribution < -0.4 is 0 Å². The fourth-order valence-electron chi connectivity index (χ4n) is 2.23. The van der Waals surface area contributed by atoms with Gasteiger partial charge in [0.1, 0.15) is 5.60 Å². The Balaban J connectivity index is 2.13. The van der Waals surface area contributed by atoms with Crippen LogP contribution >= 0.6 is 0 Å². The summed E-state index contributed by atoms with van der Waals surface area (Å²) in [6.07, 6.45) is 1.67. The zero-order valence-electron chi connectivity index (χ0n) is 12.4. The summed E-state index contributed by atoms with van der Waals surface area (Å²) in [6.45, 7) is 11.9. The first-order valence-electron chi connectivity index (χ1n) is 6.80. The lowest BCUT2D eigenvalue weighted by molar-refractivity contribution is 0.0193. The molecule has 106 valence electrons. The fourth-order valence-corrected chi connectivity index (χ4v) is 2.23. The average Bonchev–Trinajstić information content (AvgIpc) is 2.68. The van der Waals surface area contributed by atoms with Crippen LogP contribution in [0.5, 0.6) is 0 Å². The second-order valence-electron chi connectivity index (χ2n) is 6.33. The summed E-state index contributed by atoms with van der Waals surface area (Å²) in [5.41, 5.74) is 1.90. The van der Waals surface area contributed by atoms with Gasteiger partial charge in [0.15, 0.2) is 0 Å². The third-order valence-corrected chi connectivity index (χ3v) is 3.18. The molecule has 2 rings (SSSR count). The first-order valence-corrected chi connectivity index (χ1v) is 6.80. The highest BCUT2D eigenvalue weighted by atomic mass is 16.6. The molecule has 0 fully saturated rings. The van der Waals surface area contributed by atoms with Crippen LogP contribution in [0.2, 0.25) is 0 Å². The fraction of sp³-hybridized carbons (Fsp3) is 0.714. The summed E-state index contributed by atoms with van der Waals surface area (Å²) < 4.78 is 7.42. The summed E-state index contributed by atoms with van der Waals surface area (Å²) in [5, 5.41) is 4.38. The molecule has 1 aromatic heterocycles. The number of amides is 1. The smallest absolute Gasteiger partial charge is 0.410 e. The molecule has 0 atom stereocenters. The van der Waals surface area contributed by atoms with Crippen molar-refractivity contribution < 1.29 is 9.53 Å². The van der Waals surface area contributed by atoms with E-state index in [2.05, 4.69) is 18.9 Å². The maximum Gasteiger partial charge on any atom is 0.410 e. The SMILES string of the molecule is CC(C)c1cnn2c1CN(C(=O)OC(C)(C)C)CC2. The molecule has 0 aliphatic carbocycles. The Kier molecular flexibility index (Phi) is 3.56. The molecule has 0 spiro atoms. The lowest BCUT2D eigenvalue weighted by Gasteiger charge is -2.31. The number of aromatic nitrogens is 2. The van der Waals surface area contributed by atoms with Gasteiger partial charge in [0.25, 0.3) is 0 Å². The summed E-state index contributed by atoms with van der Waals surface area (Å²) in [4.78, 5) is 13.9. The molecule has 0 radical (unpaired) electrons. The Morgan fingerprint density at radius 3 is 2.63 bits per heavy atom. The molecule has 0 saturated heterocycles. The van der Waals surface area contributed by atoms with E-state index in [1.807, 2.05) is 31.6 Å². The van der Waals surface area contributed by atoms with Crippen molar-refractivity contribution in [3.05, 3.63) is 17.5 Å². The van der Waals surface area contributed by atoms with Crippen molar-refractivity contribution in [2.24, 2.45) is 0 Å². The molecule has 5 heteroatoms. The second kappa shape index (κ2) is 4.87. The third-order valence-electron chi connectivity index (χ3n) is 3.18. The minimum Gasteiger partial charge on any atom is -0.444 e. The Morgan fingerprint density at radius 2 is 2.05 bits per heavy atom. The topological polar surface area (TPSA) is 47.4 Å². The normalized spacial score (nSPS) is 15.6. The Hall–Kier alpha value is -1.52. The summed E-state index contributed by atoms with van der Waals surface area (Å²) >= 11 is 0. The zero-order valence-corrected chi connectivity index (χ0v) is 12.4. The van der Waals surface area contributed by atoms with Gasteiger partial charge in [0.05, 0.1) is 25.0 Å². The highest BCUT2D eigenvalue weighted by Gasteiger charge is 2.28. The van der Waals surface area contributed by atoms with Crippen LogP contribution in [0.15, 0.2) is 6.20 Å². The molecule has 0 aromatic carbocycles. The maximum absolute atomic E-state index is 12.1. The van der Waals surface area contributed by atoms with E-state index in [1.54, 1.807) is 4.90 Å². The van der Waals surface area contributed by atoms with Crippen LogP contribution in [0.3, 0.4) is 0 Å². The third kappa shape index (κ3) is 3.08. The van der Waals surface area contributed by atoms with Crippen LogP contribution in [-0.4, -0.2) is 32.9 Å². The van der Waals surface area contributed by atoms with Crippen LogP contribution in [0.4, 0.5) is 4.79 Å². The lowest BCUT2D eigenvalue weighted by atomic mass is 10.0. The molecule has 0 saturated carbocycles. The Labute approximate surface area is 114 Å². The minimum atomic E-state index is -0.449. The summed E-state index contributed by atoms with van der Waals surface area (Å²) in [6, 6.07) is 0. The number of fused-ring (bicyclic) bond motifs is 1. The number of rotatable bonds is 1. The van der Waals surface area contributed by atoms with Gasteiger partial charge >= 0.3 is 6.09 Å². The average molecular weight is 265 g/mol. The van der Waals surface area contributed by atoms with Gasteiger partial charge in [-0.3, -0.25) is 4.68 Å². The molecular formula is C14H23N3O2. The highest BCUT2D eigenvalue weighted by molar-refractivity contribution is 5.68. The van der Waals surface area contributed by atoms with Crippen molar-refractivity contribution in [2.75, 3.05) is 6.54 Å². The van der Waals surface area contributed by atoms with E-state index < -0.39 is 5.60 Å². The predicted octanol–water partition coefficient (Wildman–Crippen LogP) is 2.76. The number of hydrogen-bond donors (Lipinski definition) is 0. The standard InChI is InChI=1S/C14H23N3O2/c1-10(2)11-8-15-17-7-6-16(9-12(11)17)13(18)19-14(3,4)5/h8,10H,6-7,9H2,1-5H3. The van der Waals surface area contributed by atoms with E-state index in [0.717, 1.165) is 12.2 Å². The number of nitrogens with zero attached hydrogens (tertiary/aromatic N) is 3. The monoisotopic (exact) mass is 265 g/mol. The van der Waals surface area contributed by atoms with Crippen LogP contribution in [0, 0.1) is 0 Å². The number of carbonyl (C=O) groups excluding carboxylic acids is 1. The molecule has 0 bridgehead atoms. The molecule has 0 unspecified atom stereocenters. The molecule has 0 N–H and O–H groups in total. The quantitative estimate of drug-likeness (QED) is 0.784. The van der Waals surface area contributed by atoms with E-state index >= 15 is 0 Å². The maximum atomic E-state index is 12.1. The van der Waals surface area contributed by atoms with Crippen LogP contribution in [-0.2, 0) is 17.8 Å². The van der Waals surface area contributed by atoms with E-state index in [4.69, 9.17) is 4.74 Å². The van der Waals surface area contributed by atoms with Gasteiger partial charge in [0.2, 0.25) is 0 Å². The highest BCUT2D eigenvalue weighted by Crippen LogP contribution is 2.24. The largest absolute Gasteiger partial charge is 0.444 e. The van der Waals surface area contributed by atoms with E-state index in [1.165, 1.54) is 5.56 Å². The van der Waals surface area contributed by atoms with Crippen molar-refractivity contribution >= 4 is 6.09 Å². The second-order valence-corrected chi connectivity index (χ2v) is 6.33. The van der Waals surface area contributed by atoms with Gasteiger partial charge in [-0.15, -0.1) is 0 Å².